The highest BCUT2D eigenvalue weighted by Crippen LogP contribution is 2.41. The molecular weight excluding hydrogens is 386 g/mol. The Labute approximate surface area is 172 Å². The van der Waals surface area contributed by atoms with Crippen molar-refractivity contribution in [2.75, 3.05) is 25.7 Å². The Hall–Kier alpha value is -3.88. The molecule has 0 unspecified atom stereocenters. The van der Waals surface area contributed by atoms with E-state index in [-0.39, 0.29) is 16.9 Å². The van der Waals surface area contributed by atoms with Crippen LogP contribution in [-0.4, -0.2) is 19.2 Å². The number of rotatable bonds is 5. The summed E-state index contributed by atoms with van der Waals surface area (Å²) in [6.07, 6.45) is 0. The molecule has 2 aromatic carbocycles. The van der Waals surface area contributed by atoms with Crippen molar-refractivity contribution in [2.24, 2.45) is 0 Å². The highest BCUT2D eigenvalue weighted by atomic mass is 32.2. The summed E-state index contributed by atoms with van der Waals surface area (Å²) < 4.78 is 10.6. The third-order valence-corrected chi connectivity index (χ3v) is 5.29. The summed E-state index contributed by atoms with van der Waals surface area (Å²) in [6.45, 7) is 0. The lowest BCUT2D eigenvalue weighted by Gasteiger charge is -2.15. The van der Waals surface area contributed by atoms with Gasteiger partial charge < -0.3 is 20.9 Å². The number of hydrogen-bond acceptors (Lipinski definition) is 8. The molecule has 0 saturated carbocycles. The molecule has 7 nitrogen and oxygen atoms in total. The van der Waals surface area contributed by atoms with E-state index in [4.69, 9.17) is 20.9 Å². The highest BCUT2D eigenvalue weighted by molar-refractivity contribution is 7.99. The highest BCUT2D eigenvalue weighted by Gasteiger charge is 2.22. The van der Waals surface area contributed by atoms with Crippen LogP contribution in [0.25, 0.3) is 11.1 Å². The number of nitriles is 2. The Morgan fingerprint density at radius 2 is 1.62 bits per heavy atom. The first-order chi connectivity index (χ1) is 14.0. The van der Waals surface area contributed by atoms with Gasteiger partial charge in [-0.1, -0.05) is 30.0 Å². The second-order valence-electron chi connectivity index (χ2n) is 5.86. The summed E-state index contributed by atoms with van der Waals surface area (Å²) in [7, 11) is 3.04. The van der Waals surface area contributed by atoms with E-state index < -0.39 is 0 Å². The van der Waals surface area contributed by atoms with Crippen LogP contribution in [0.5, 0.6) is 11.5 Å². The monoisotopic (exact) mass is 403 g/mol. The molecule has 0 radical (unpaired) electrons. The summed E-state index contributed by atoms with van der Waals surface area (Å²) in [4.78, 5) is 5.03. The van der Waals surface area contributed by atoms with Gasteiger partial charge in [0.1, 0.15) is 28.5 Å². The topological polar surface area (TPSA) is 131 Å². The van der Waals surface area contributed by atoms with Gasteiger partial charge in [0.25, 0.3) is 0 Å². The summed E-state index contributed by atoms with van der Waals surface area (Å²) in [6, 6.07) is 16.6. The second kappa shape index (κ2) is 8.42. The van der Waals surface area contributed by atoms with Gasteiger partial charge in [-0.05, 0) is 29.8 Å². The number of benzene rings is 2. The molecule has 0 fully saturated rings. The number of aromatic nitrogens is 1. The summed E-state index contributed by atoms with van der Waals surface area (Å²) in [5, 5.41) is 19.9. The Balaban J connectivity index is 2.26. The second-order valence-corrected chi connectivity index (χ2v) is 6.89. The average Bonchev–Trinajstić information content (AvgIpc) is 2.74. The third-order valence-electron chi connectivity index (χ3n) is 4.21. The fourth-order valence-electron chi connectivity index (χ4n) is 2.83. The van der Waals surface area contributed by atoms with Crippen LogP contribution < -0.4 is 20.9 Å². The number of nitrogen functional groups attached to an aromatic ring is 2. The first-order valence-electron chi connectivity index (χ1n) is 8.42. The Bertz CT molecular complexity index is 1160. The van der Waals surface area contributed by atoms with Crippen molar-refractivity contribution in [2.45, 2.75) is 9.92 Å². The van der Waals surface area contributed by atoms with Crippen LogP contribution in [0.3, 0.4) is 0 Å². The van der Waals surface area contributed by atoms with Crippen molar-refractivity contribution < 1.29 is 9.47 Å². The van der Waals surface area contributed by atoms with Crippen LogP contribution in [0, 0.1) is 22.7 Å². The van der Waals surface area contributed by atoms with E-state index in [1.165, 1.54) is 26.0 Å². The van der Waals surface area contributed by atoms with Crippen molar-refractivity contribution in [3.63, 3.8) is 0 Å². The first-order valence-corrected chi connectivity index (χ1v) is 9.24. The number of nitrogens with two attached hydrogens (primary N) is 2. The van der Waals surface area contributed by atoms with Crippen molar-refractivity contribution in [3.8, 4) is 34.8 Å². The number of anilines is 2. The van der Waals surface area contributed by atoms with Crippen LogP contribution in [0.15, 0.2) is 52.4 Å². The molecule has 0 saturated heterocycles. The maximum atomic E-state index is 9.91. The van der Waals surface area contributed by atoms with E-state index in [2.05, 4.69) is 17.1 Å². The number of hydrogen-bond donors (Lipinski definition) is 2. The van der Waals surface area contributed by atoms with Gasteiger partial charge in [0.2, 0.25) is 0 Å². The SMILES string of the molecule is COc1ccc(-c2c(C#N)c(N)nc(Sc3ccccc3N)c2C#N)cc1OC. The molecule has 8 heteroatoms. The minimum absolute atomic E-state index is 0.0355. The molecule has 0 aliphatic rings. The number of nitrogens with zero attached hydrogens (tertiary/aromatic N) is 3. The van der Waals surface area contributed by atoms with E-state index in [0.717, 1.165) is 4.90 Å². The smallest absolute Gasteiger partial charge is 0.161 e. The van der Waals surface area contributed by atoms with Crippen molar-refractivity contribution >= 4 is 23.3 Å². The zero-order chi connectivity index (χ0) is 21.0. The molecule has 144 valence electrons. The van der Waals surface area contributed by atoms with E-state index >= 15 is 0 Å². The van der Waals surface area contributed by atoms with Crippen molar-refractivity contribution in [1.82, 2.24) is 4.98 Å². The van der Waals surface area contributed by atoms with Crippen molar-refractivity contribution in [1.29, 1.82) is 10.5 Å². The molecule has 29 heavy (non-hydrogen) atoms. The Morgan fingerprint density at radius 1 is 0.931 bits per heavy atom. The number of pyridine rings is 1. The van der Waals surface area contributed by atoms with Crippen molar-refractivity contribution in [3.05, 3.63) is 53.6 Å². The first kappa shape index (κ1) is 19.9. The lowest BCUT2D eigenvalue weighted by Crippen LogP contribution is -2.04. The standard InChI is InChI=1S/C21H17N5O2S/c1-27-16-8-7-12(9-17(16)28-2)19-13(10-22)20(25)26-21(14(19)11-23)29-18-6-4-3-5-15(18)24/h3-9H,24H2,1-2H3,(H2,25,26). The van der Waals surface area contributed by atoms with Crippen LogP contribution in [0.4, 0.5) is 11.5 Å². The van der Waals surface area contributed by atoms with E-state index in [1.807, 2.05) is 18.2 Å². The zero-order valence-corrected chi connectivity index (χ0v) is 16.6. The lowest BCUT2D eigenvalue weighted by atomic mass is 9.96. The third kappa shape index (κ3) is 3.75. The molecule has 1 heterocycles. The van der Waals surface area contributed by atoms with Gasteiger partial charge in [0, 0.05) is 16.1 Å². The minimum atomic E-state index is 0.0355. The molecule has 0 amide bonds. The van der Waals surface area contributed by atoms with Crippen LogP contribution in [0.1, 0.15) is 11.1 Å². The van der Waals surface area contributed by atoms with Gasteiger partial charge in [-0.25, -0.2) is 4.98 Å². The van der Waals surface area contributed by atoms with E-state index in [9.17, 15) is 10.5 Å². The minimum Gasteiger partial charge on any atom is -0.493 e. The molecule has 0 aliphatic carbocycles. The Kier molecular flexibility index (Phi) is 5.77. The van der Waals surface area contributed by atoms with Crippen LogP contribution in [-0.2, 0) is 0 Å². The molecule has 0 spiro atoms. The molecule has 0 aliphatic heterocycles. The molecule has 0 bridgehead atoms. The van der Waals surface area contributed by atoms with Crippen LogP contribution in [0.2, 0.25) is 0 Å². The average molecular weight is 403 g/mol. The summed E-state index contributed by atoms with van der Waals surface area (Å²) in [5.41, 5.74) is 14.0. The molecular formula is C21H17N5O2S. The maximum absolute atomic E-state index is 9.91. The largest absolute Gasteiger partial charge is 0.493 e. The molecule has 4 N–H and O–H groups in total. The quantitative estimate of drug-likeness (QED) is 0.615. The normalized spacial score (nSPS) is 10.1. The number of para-hydroxylation sites is 1. The van der Waals surface area contributed by atoms with Gasteiger partial charge in [-0.3, -0.25) is 0 Å². The predicted octanol–water partition coefficient (Wildman–Crippen LogP) is 3.82. The van der Waals surface area contributed by atoms with Gasteiger partial charge in [-0.2, -0.15) is 10.5 Å². The predicted molar refractivity (Wildman–Crippen MR) is 112 cm³/mol. The molecule has 0 atom stereocenters. The number of ether oxygens (including phenoxy) is 2. The molecule has 3 aromatic rings. The van der Waals surface area contributed by atoms with Crippen LogP contribution >= 0.6 is 11.8 Å². The fourth-order valence-corrected chi connectivity index (χ4v) is 3.76. The van der Waals surface area contributed by atoms with E-state index in [1.54, 1.807) is 24.3 Å². The van der Waals surface area contributed by atoms with Gasteiger partial charge >= 0.3 is 0 Å². The van der Waals surface area contributed by atoms with Gasteiger partial charge in [0.05, 0.1) is 19.8 Å². The zero-order valence-electron chi connectivity index (χ0n) is 15.8. The molecule has 1 aromatic heterocycles. The Morgan fingerprint density at radius 3 is 2.24 bits per heavy atom. The maximum Gasteiger partial charge on any atom is 0.161 e. The lowest BCUT2D eigenvalue weighted by molar-refractivity contribution is 0.355. The van der Waals surface area contributed by atoms with Gasteiger partial charge in [0.15, 0.2) is 11.5 Å². The number of methoxy groups -OCH3 is 2. The van der Waals surface area contributed by atoms with Gasteiger partial charge in [-0.15, -0.1) is 0 Å². The molecule has 3 rings (SSSR count). The van der Waals surface area contributed by atoms with E-state index in [0.29, 0.717) is 33.3 Å². The fraction of sp³-hybridized carbons (Fsp3) is 0.0952. The summed E-state index contributed by atoms with van der Waals surface area (Å²) in [5.74, 6) is 1.03. The summed E-state index contributed by atoms with van der Waals surface area (Å²) >= 11 is 1.22.